The molecule has 0 fully saturated rings. The van der Waals surface area contributed by atoms with Crippen LogP contribution in [0.4, 0.5) is 0 Å². The van der Waals surface area contributed by atoms with E-state index in [0.717, 1.165) is 23.4 Å². The maximum atomic E-state index is 4.56. The van der Waals surface area contributed by atoms with Crippen molar-refractivity contribution >= 4 is 5.70 Å². The lowest BCUT2D eigenvalue weighted by Crippen LogP contribution is -2.11. The molecule has 0 unspecified atom stereocenters. The summed E-state index contributed by atoms with van der Waals surface area (Å²) in [5.41, 5.74) is 5.98. The van der Waals surface area contributed by atoms with E-state index in [-0.39, 0.29) is 5.41 Å². The van der Waals surface area contributed by atoms with Gasteiger partial charge in [0.05, 0.1) is 5.69 Å². The molecule has 0 saturated carbocycles. The zero-order chi connectivity index (χ0) is 16.2. The minimum Gasteiger partial charge on any atom is -0.388 e. The van der Waals surface area contributed by atoms with E-state index in [4.69, 9.17) is 0 Å². The van der Waals surface area contributed by atoms with Gasteiger partial charge >= 0.3 is 0 Å². The minimum absolute atomic E-state index is 0.132. The zero-order valence-electron chi connectivity index (χ0n) is 14.3. The summed E-state index contributed by atoms with van der Waals surface area (Å²) in [6.45, 7) is 8.83. The number of allylic oxidation sites excluding steroid dienone is 1. The number of hydrogen-bond donors (Lipinski definition) is 1. The van der Waals surface area contributed by atoms with Crippen LogP contribution >= 0.6 is 0 Å². The predicted octanol–water partition coefficient (Wildman–Crippen LogP) is 5.02. The van der Waals surface area contributed by atoms with Crippen LogP contribution in [0.15, 0.2) is 48.7 Å². The molecule has 1 N–H and O–H groups in total. The monoisotopic (exact) mass is 294 g/mol. The second-order valence-electron chi connectivity index (χ2n) is 6.54. The number of nitrogens with zero attached hydrogens (tertiary/aromatic N) is 1. The molecule has 0 aliphatic carbocycles. The lowest BCUT2D eigenvalue weighted by molar-refractivity contribution is 0.589. The summed E-state index contributed by atoms with van der Waals surface area (Å²) < 4.78 is 0. The fourth-order valence-electron chi connectivity index (χ4n) is 2.47. The van der Waals surface area contributed by atoms with E-state index in [1.165, 1.54) is 11.1 Å². The molecule has 2 rings (SSSR count). The fourth-order valence-corrected chi connectivity index (χ4v) is 2.47. The Kier molecular flexibility index (Phi) is 5.02. The van der Waals surface area contributed by atoms with Gasteiger partial charge in [-0.3, -0.25) is 4.98 Å². The van der Waals surface area contributed by atoms with Gasteiger partial charge in [-0.25, -0.2) is 0 Å². The first kappa shape index (κ1) is 16.3. The van der Waals surface area contributed by atoms with Crippen LogP contribution in [0.1, 0.15) is 45.2 Å². The average Bonchev–Trinajstić information content (AvgIpc) is 2.52. The van der Waals surface area contributed by atoms with Crippen molar-refractivity contribution in [3.63, 3.8) is 0 Å². The molecule has 116 valence electrons. The van der Waals surface area contributed by atoms with E-state index in [2.05, 4.69) is 80.5 Å². The largest absolute Gasteiger partial charge is 0.388 e. The Balaban J connectivity index is 2.44. The van der Waals surface area contributed by atoms with Crippen LogP contribution in [0, 0.1) is 0 Å². The minimum atomic E-state index is 0.132. The van der Waals surface area contributed by atoms with Crippen LogP contribution < -0.4 is 5.32 Å². The SMILES string of the molecule is CC/C=C(\NC)c1cccc(-c2cc(C(C)(C)C)ccn2)c1. The molecular weight excluding hydrogens is 268 g/mol. The molecule has 0 aliphatic heterocycles. The molecule has 0 saturated heterocycles. The number of aromatic nitrogens is 1. The van der Waals surface area contributed by atoms with Gasteiger partial charge in [0.25, 0.3) is 0 Å². The van der Waals surface area contributed by atoms with E-state index < -0.39 is 0 Å². The maximum Gasteiger partial charge on any atom is 0.0705 e. The molecule has 0 atom stereocenters. The quantitative estimate of drug-likeness (QED) is 0.856. The van der Waals surface area contributed by atoms with Crippen molar-refractivity contribution < 1.29 is 0 Å². The first-order valence-electron chi connectivity index (χ1n) is 7.91. The Labute approximate surface area is 134 Å². The van der Waals surface area contributed by atoms with Crippen LogP contribution in [-0.2, 0) is 5.41 Å². The summed E-state index contributed by atoms with van der Waals surface area (Å²) in [6.07, 6.45) is 5.12. The van der Waals surface area contributed by atoms with E-state index >= 15 is 0 Å². The Morgan fingerprint density at radius 1 is 1.18 bits per heavy atom. The summed E-state index contributed by atoms with van der Waals surface area (Å²) in [4.78, 5) is 4.56. The first-order chi connectivity index (χ1) is 10.5. The standard InChI is InChI=1S/C20H26N2/c1-6-8-18(21-5)15-9-7-10-16(13-15)19-14-17(11-12-22-19)20(2,3)4/h7-14,21H,6H2,1-5H3/b18-8-. The van der Waals surface area contributed by atoms with Crippen LogP contribution in [0.25, 0.3) is 17.0 Å². The Bertz CT molecular complexity index is 663. The van der Waals surface area contributed by atoms with Crippen LogP contribution in [-0.4, -0.2) is 12.0 Å². The van der Waals surface area contributed by atoms with Crippen molar-refractivity contribution in [3.8, 4) is 11.3 Å². The van der Waals surface area contributed by atoms with E-state index in [9.17, 15) is 0 Å². The molecule has 1 aromatic heterocycles. The topological polar surface area (TPSA) is 24.9 Å². The predicted molar refractivity (Wildman–Crippen MR) is 95.7 cm³/mol. The highest BCUT2D eigenvalue weighted by atomic mass is 14.8. The summed E-state index contributed by atoms with van der Waals surface area (Å²) >= 11 is 0. The van der Waals surface area contributed by atoms with E-state index in [1.807, 2.05) is 13.2 Å². The van der Waals surface area contributed by atoms with Crippen LogP contribution in [0.3, 0.4) is 0 Å². The van der Waals surface area contributed by atoms with E-state index in [1.54, 1.807) is 0 Å². The molecule has 0 bridgehead atoms. The van der Waals surface area contributed by atoms with Gasteiger partial charge in [-0.05, 0) is 41.2 Å². The lowest BCUT2D eigenvalue weighted by Gasteiger charge is -2.19. The molecule has 2 nitrogen and oxygen atoms in total. The van der Waals surface area contributed by atoms with Crippen LogP contribution in [0.2, 0.25) is 0 Å². The van der Waals surface area contributed by atoms with Gasteiger partial charge < -0.3 is 5.32 Å². The molecule has 1 heterocycles. The summed E-state index contributed by atoms with van der Waals surface area (Å²) in [5.74, 6) is 0. The van der Waals surface area contributed by atoms with Crippen molar-refractivity contribution in [1.82, 2.24) is 10.3 Å². The third kappa shape index (κ3) is 3.76. The molecule has 2 heteroatoms. The number of nitrogens with one attached hydrogen (secondary N) is 1. The van der Waals surface area contributed by atoms with Crippen molar-refractivity contribution in [3.05, 3.63) is 59.8 Å². The van der Waals surface area contributed by atoms with Gasteiger partial charge in [-0.15, -0.1) is 0 Å². The van der Waals surface area contributed by atoms with Crippen molar-refractivity contribution in [2.45, 2.75) is 39.5 Å². The second kappa shape index (κ2) is 6.78. The number of pyridine rings is 1. The first-order valence-corrected chi connectivity index (χ1v) is 7.91. The van der Waals surface area contributed by atoms with Crippen molar-refractivity contribution in [1.29, 1.82) is 0 Å². The Morgan fingerprint density at radius 2 is 1.95 bits per heavy atom. The van der Waals surface area contributed by atoms with Gasteiger partial charge in [0, 0.05) is 24.5 Å². The van der Waals surface area contributed by atoms with Gasteiger partial charge in [-0.2, -0.15) is 0 Å². The second-order valence-corrected chi connectivity index (χ2v) is 6.54. The Morgan fingerprint density at radius 3 is 2.59 bits per heavy atom. The molecular formula is C20H26N2. The molecule has 0 aliphatic rings. The molecule has 0 amide bonds. The van der Waals surface area contributed by atoms with Gasteiger partial charge in [0.2, 0.25) is 0 Å². The number of benzene rings is 1. The third-order valence-electron chi connectivity index (χ3n) is 3.77. The summed E-state index contributed by atoms with van der Waals surface area (Å²) in [5, 5.41) is 3.27. The van der Waals surface area contributed by atoms with Crippen molar-refractivity contribution in [2.24, 2.45) is 0 Å². The number of hydrogen-bond acceptors (Lipinski definition) is 2. The molecule has 1 aromatic carbocycles. The lowest BCUT2D eigenvalue weighted by atomic mass is 9.87. The van der Waals surface area contributed by atoms with Gasteiger partial charge in [0.15, 0.2) is 0 Å². The van der Waals surface area contributed by atoms with Gasteiger partial charge in [-0.1, -0.05) is 52.0 Å². The van der Waals surface area contributed by atoms with Crippen LogP contribution in [0.5, 0.6) is 0 Å². The zero-order valence-corrected chi connectivity index (χ0v) is 14.3. The highest BCUT2D eigenvalue weighted by Crippen LogP contribution is 2.27. The normalized spacial score (nSPS) is 12.3. The van der Waals surface area contributed by atoms with E-state index in [0.29, 0.717) is 0 Å². The number of rotatable bonds is 4. The summed E-state index contributed by atoms with van der Waals surface area (Å²) in [7, 11) is 1.96. The highest BCUT2D eigenvalue weighted by Gasteiger charge is 2.14. The van der Waals surface area contributed by atoms with Crippen molar-refractivity contribution in [2.75, 3.05) is 7.05 Å². The average molecular weight is 294 g/mol. The molecule has 2 aromatic rings. The maximum absolute atomic E-state index is 4.56. The molecule has 0 radical (unpaired) electrons. The smallest absolute Gasteiger partial charge is 0.0705 e. The molecule has 0 spiro atoms. The Hall–Kier alpha value is -2.09. The fraction of sp³-hybridized carbons (Fsp3) is 0.350. The summed E-state index contributed by atoms with van der Waals surface area (Å²) in [6, 6.07) is 12.8. The van der Waals surface area contributed by atoms with Gasteiger partial charge in [0.1, 0.15) is 0 Å². The molecule has 22 heavy (non-hydrogen) atoms. The third-order valence-corrected chi connectivity index (χ3v) is 3.77. The highest BCUT2D eigenvalue weighted by molar-refractivity contribution is 5.70.